The molecule has 2 aromatic carbocycles. The number of benzene rings is 2. The van der Waals surface area contributed by atoms with E-state index in [0.717, 1.165) is 31.4 Å². The van der Waals surface area contributed by atoms with Gasteiger partial charge in [-0.05, 0) is 70.2 Å². The third-order valence-corrected chi connectivity index (χ3v) is 9.46. The van der Waals surface area contributed by atoms with Crippen molar-refractivity contribution in [3.63, 3.8) is 0 Å². The monoisotopic (exact) mass is 520 g/mol. The van der Waals surface area contributed by atoms with Gasteiger partial charge in [-0.3, -0.25) is 13.9 Å². The van der Waals surface area contributed by atoms with Crippen molar-refractivity contribution in [2.75, 3.05) is 23.5 Å². The lowest BCUT2D eigenvalue weighted by Gasteiger charge is -2.41. The molecule has 194 valence electrons. The number of hydrogen-bond acceptors (Lipinski definition) is 6. The number of nitrogens with zero attached hydrogens (tertiary/aromatic N) is 1. The summed E-state index contributed by atoms with van der Waals surface area (Å²) in [6.07, 6.45) is 5.61. The number of hydrogen-bond donors (Lipinski definition) is 4. The largest absolute Gasteiger partial charge is 0.507 e. The molecule has 1 heterocycles. The van der Waals surface area contributed by atoms with E-state index in [1.54, 1.807) is 0 Å². The molecule has 1 atom stereocenters. The number of unbranched alkanes of at least 4 members (excludes halogenated alkanes) is 1. The maximum absolute atomic E-state index is 12.7. The molecule has 0 aromatic heterocycles. The van der Waals surface area contributed by atoms with Gasteiger partial charge in [0.15, 0.2) is 0 Å². The van der Waals surface area contributed by atoms with Crippen LogP contribution in [-0.2, 0) is 0 Å². The van der Waals surface area contributed by atoms with Crippen molar-refractivity contribution in [3.05, 3.63) is 42.0 Å². The van der Waals surface area contributed by atoms with Crippen LogP contribution < -0.4 is 10.2 Å². The first kappa shape index (κ1) is 27.7. The zero-order chi connectivity index (χ0) is 26.0. The third-order valence-electron chi connectivity index (χ3n) is 6.64. The Labute approximate surface area is 215 Å². The molecule has 1 aliphatic heterocycles. The first-order valence-corrected chi connectivity index (χ1v) is 15.2. The van der Waals surface area contributed by atoms with Crippen LogP contribution in [-0.4, -0.2) is 44.2 Å². The van der Waals surface area contributed by atoms with E-state index in [9.17, 15) is 19.0 Å². The molecule has 6 nitrogen and oxygen atoms in total. The van der Waals surface area contributed by atoms with Crippen LogP contribution in [0.3, 0.4) is 0 Å². The molecule has 3 rings (SSSR count). The van der Waals surface area contributed by atoms with Crippen molar-refractivity contribution >= 4 is 39.6 Å². The Bertz CT molecular complexity index is 1050. The summed E-state index contributed by atoms with van der Waals surface area (Å²) in [5, 5.41) is 13.6. The number of phenolic OH excluding ortho intramolecular Hbond substituents is 1. The predicted octanol–water partition coefficient (Wildman–Crippen LogP) is 7.49. The molecule has 35 heavy (non-hydrogen) atoms. The molecule has 0 spiro atoms. The van der Waals surface area contributed by atoms with Gasteiger partial charge in [0.05, 0.1) is 15.5 Å². The van der Waals surface area contributed by atoms with Gasteiger partial charge in [-0.1, -0.05) is 26.7 Å². The fourth-order valence-electron chi connectivity index (χ4n) is 4.68. The molecule has 1 unspecified atom stereocenters. The van der Waals surface area contributed by atoms with Crippen molar-refractivity contribution in [1.82, 2.24) is 5.32 Å². The van der Waals surface area contributed by atoms with Gasteiger partial charge in [-0.25, -0.2) is 0 Å². The summed E-state index contributed by atoms with van der Waals surface area (Å²) in [6, 6.07) is 10.9. The number of nitrogens with one attached hydrogen (secondary N) is 1. The highest BCUT2D eigenvalue weighted by molar-refractivity contribution is 8.24. The highest BCUT2D eigenvalue weighted by atomic mass is 32.3. The molecular formula is C27H40N2O4S2. The SMILES string of the molecule is CCCCC1(CC)CN(c2ccc(C(=O)NC(C)(C)C)cc2)c2cc(SC)c(O)cc2S(O)(O)C1. The summed E-state index contributed by atoms with van der Waals surface area (Å²) < 4.78 is 22.8. The number of aromatic hydroxyl groups is 1. The molecule has 1 amide bonds. The number of thioether (sulfide) groups is 1. The number of anilines is 2. The van der Waals surface area contributed by atoms with Crippen molar-refractivity contribution in [3.8, 4) is 5.75 Å². The van der Waals surface area contributed by atoms with E-state index in [1.807, 2.05) is 57.4 Å². The summed E-state index contributed by atoms with van der Waals surface area (Å²) in [4.78, 5) is 15.9. The normalized spacial score (nSPS) is 20.6. The van der Waals surface area contributed by atoms with Crippen molar-refractivity contribution in [2.45, 2.75) is 75.6 Å². The second-order valence-electron chi connectivity index (χ2n) is 10.6. The molecule has 0 aliphatic carbocycles. The second-order valence-corrected chi connectivity index (χ2v) is 13.5. The van der Waals surface area contributed by atoms with Crippen LogP contribution in [0.2, 0.25) is 0 Å². The Morgan fingerprint density at radius 1 is 1.17 bits per heavy atom. The van der Waals surface area contributed by atoms with Crippen LogP contribution in [0, 0.1) is 5.41 Å². The van der Waals surface area contributed by atoms with Crippen LogP contribution in [0.25, 0.3) is 0 Å². The van der Waals surface area contributed by atoms with E-state index in [-0.39, 0.29) is 28.4 Å². The van der Waals surface area contributed by atoms with E-state index < -0.39 is 10.6 Å². The summed E-state index contributed by atoms with van der Waals surface area (Å²) in [6.45, 7) is 10.7. The van der Waals surface area contributed by atoms with Gasteiger partial charge >= 0.3 is 0 Å². The minimum Gasteiger partial charge on any atom is -0.507 e. The maximum atomic E-state index is 12.7. The minimum atomic E-state index is -3.13. The summed E-state index contributed by atoms with van der Waals surface area (Å²) in [7, 11) is -3.13. The average Bonchev–Trinajstić information content (AvgIpc) is 2.88. The van der Waals surface area contributed by atoms with Gasteiger partial charge in [-0.15, -0.1) is 11.8 Å². The molecule has 0 bridgehead atoms. The Morgan fingerprint density at radius 3 is 2.37 bits per heavy atom. The van der Waals surface area contributed by atoms with Crippen LogP contribution >= 0.6 is 22.4 Å². The maximum Gasteiger partial charge on any atom is 0.251 e. The molecule has 0 saturated carbocycles. The Kier molecular flexibility index (Phi) is 8.41. The van der Waals surface area contributed by atoms with E-state index in [4.69, 9.17) is 0 Å². The lowest BCUT2D eigenvalue weighted by atomic mass is 9.81. The number of phenols is 1. The number of rotatable bonds is 7. The van der Waals surface area contributed by atoms with Crippen LogP contribution in [0.1, 0.15) is 70.7 Å². The fraction of sp³-hybridized carbons (Fsp3) is 0.519. The first-order valence-electron chi connectivity index (χ1n) is 12.2. The number of carbonyl (C=O) groups is 1. The summed E-state index contributed by atoms with van der Waals surface area (Å²) in [5.74, 6) is 0.197. The van der Waals surface area contributed by atoms with Gasteiger partial charge in [0.25, 0.3) is 5.91 Å². The standard InChI is InChI=1S/C27H40N2O4S2/c1-7-9-14-27(8-2)17-29(20-12-10-19(11-13-20)25(31)28-26(3,4)5)21-15-23(34-6)22(30)16-24(21)35(32,33)18-27/h10-13,15-16,30,32-33H,7-9,14,17-18H2,1-6H3,(H,28,31). The molecule has 0 radical (unpaired) electrons. The van der Waals surface area contributed by atoms with Crippen molar-refractivity contribution < 1.29 is 19.0 Å². The number of carbonyl (C=O) groups excluding carboxylic acids is 1. The Hall–Kier alpha value is -1.87. The zero-order valence-electron chi connectivity index (χ0n) is 21.7. The lowest BCUT2D eigenvalue weighted by Crippen LogP contribution is -2.40. The Balaban J connectivity index is 2.13. The molecular weight excluding hydrogens is 480 g/mol. The molecule has 1 aliphatic rings. The van der Waals surface area contributed by atoms with Crippen LogP contribution in [0.5, 0.6) is 5.75 Å². The van der Waals surface area contributed by atoms with Gasteiger partial charge < -0.3 is 15.3 Å². The average molecular weight is 521 g/mol. The second kappa shape index (κ2) is 10.6. The van der Waals surface area contributed by atoms with Crippen molar-refractivity contribution in [1.29, 1.82) is 0 Å². The zero-order valence-corrected chi connectivity index (χ0v) is 23.4. The quantitative estimate of drug-likeness (QED) is 0.283. The van der Waals surface area contributed by atoms with E-state index in [1.165, 1.54) is 17.8 Å². The van der Waals surface area contributed by atoms with E-state index in [2.05, 4.69) is 24.1 Å². The van der Waals surface area contributed by atoms with Gasteiger partial charge in [0, 0.05) is 40.6 Å². The summed E-state index contributed by atoms with van der Waals surface area (Å²) >= 11 is 1.42. The third kappa shape index (κ3) is 6.28. The smallest absolute Gasteiger partial charge is 0.251 e. The first-order chi connectivity index (χ1) is 16.3. The number of amides is 1. The number of fused-ring (bicyclic) bond motifs is 1. The molecule has 4 N–H and O–H groups in total. The van der Waals surface area contributed by atoms with E-state index >= 15 is 0 Å². The predicted molar refractivity (Wildman–Crippen MR) is 149 cm³/mol. The molecule has 2 aromatic rings. The van der Waals surface area contributed by atoms with E-state index in [0.29, 0.717) is 27.6 Å². The lowest BCUT2D eigenvalue weighted by molar-refractivity contribution is 0.0919. The molecule has 0 fully saturated rings. The van der Waals surface area contributed by atoms with Gasteiger partial charge in [0.1, 0.15) is 5.75 Å². The topological polar surface area (TPSA) is 93.0 Å². The minimum absolute atomic E-state index is 0.0583. The molecule has 8 heteroatoms. The fourth-order valence-corrected chi connectivity index (χ4v) is 7.43. The molecule has 0 saturated heterocycles. The highest BCUT2D eigenvalue weighted by Crippen LogP contribution is 2.61. The van der Waals surface area contributed by atoms with Gasteiger partial charge in [-0.2, -0.15) is 10.6 Å². The Morgan fingerprint density at radius 2 is 1.83 bits per heavy atom. The van der Waals surface area contributed by atoms with Crippen molar-refractivity contribution in [2.24, 2.45) is 5.41 Å². The van der Waals surface area contributed by atoms with Crippen LogP contribution in [0.4, 0.5) is 11.4 Å². The van der Waals surface area contributed by atoms with Crippen LogP contribution in [0.15, 0.2) is 46.2 Å². The highest BCUT2D eigenvalue weighted by Gasteiger charge is 2.42. The summed E-state index contributed by atoms with van der Waals surface area (Å²) in [5.41, 5.74) is 1.52. The van der Waals surface area contributed by atoms with Gasteiger partial charge in [0.2, 0.25) is 0 Å².